The van der Waals surface area contributed by atoms with Gasteiger partial charge >= 0.3 is 0 Å². The molecule has 102 valence electrons. The molecule has 1 nitrogen and oxygen atoms in total. The van der Waals surface area contributed by atoms with Crippen LogP contribution in [0.2, 0.25) is 0 Å². The summed E-state index contributed by atoms with van der Waals surface area (Å²) >= 11 is 0. The highest BCUT2D eigenvalue weighted by molar-refractivity contribution is 5.80. The standard InChI is InChI=1S/C18H18N.HI/c1-15-5-4-6-16(13-15)9-11-19-12-10-17-7-2-3-8-18(17)14-19;/h2-8,10,12-14H,9,11H2,1H3;1H/q+1;/p-1. The van der Waals surface area contributed by atoms with Crippen molar-refractivity contribution in [1.82, 2.24) is 0 Å². The number of benzene rings is 2. The number of fused-ring (bicyclic) bond motifs is 1. The normalized spacial score (nSPS) is 10.2. The van der Waals surface area contributed by atoms with Crippen LogP contribution >= 0.6 is 0 Å². The Morgan fingerprint density at radius 2 is 1.70 bits per heavy atom. The number of aromatic nitrogens is 1. The van der Waals surface area contributed by atoms with Gasteiger partial charge < -0.3 is 24.0 Å². The summed E-state index contributed by atoms with van der Waals surface area (Å²) in [6, 6.07) is 19.4. The fraction of sp³-hybridized carbons (Fsp3) is 0.167. The van der Waals surface area contributed by atoms with Gasteiger partial charge in [0.15, 0.2) is 18.9 Å². The highest BCUT2D eigenvalue weighted by Crippen LogP contribution is 2.10. The van der Waals surface area contributed by atoms with Crippen molar-refractivity contribution in [3.05, 3.63) is 78.1 Å². The summed E-state index contributed by atoms with van der Waals surface area (Å²) in [6.07, 6.45) is 5.47. The van der Waals surface area contributed by atoms with Gasteiger partial charge in [-0.1, -0.05) is 48.0 Å². The molecule has 0 spiro atoms. The second kappa shape index (κ2) is 6.84. The van der Waals surface area contributed by atoms with Gasteiger partial charge in [0.05, 0.1) is 0 Å². The van der Waals surface area contributed by atoms with Gasteiger partial charge in [0.2, 0.25) is 0 Å². The zero-order valence-electron chi connectivity index (χ0n) is 11.6. The zero-order valence-corrected chi connectivity index (χ0v) is 13.7. The molecule has 0 amide bonds. The van der Waals surface area contributed by atoms with Gasteiger partial charge in [-0.15, -0.1) is 0 Å². The van der Waals surface area contributed by atoms with E-state index in [9.17, 15) is 0 Å². The molecule has 0 saturated heterocycles. The van der Waals surface area contributed by atoms with E-state index in [1.54, 1.807) is 0 Å². The summed E-state index contributed by atoms with van der Waals surface area (Å²) in [7, 11) is 0. The van der Waals surface area contributed by atoms with E-state index in [-0.39, 0.29) is 24.0 Å². The monoisotopic (exact) mass is 375 g/mol. The van der Waals surface area contributed by atoms with Crippen LogP contribution < -0.4 is 28.5 Å². The molecule has 2 aromatic carbocycles. The minimum Gasteiger partial charge on any atom is -1.00 e. The van der Waals surface area contributed by atoms with Crippen molar-refractivity contribution in [2.45, 2.75) is 19.9 Å². The highest BCUT2D eigenvalue weighted by atomic mass is 127. The summed E-state index contributed by atoms with van der Waals surface area (Å²) < 4.78 is 2.27. The Morgan fingerprint density at radius 3 is 2.50 bits per heavy atom. The molecule has 2 heteroatoms. The molecule has 1 aromatic heterocycles. The molecule has 3 rings (SSSR count). The SMILES string of the molecule is Cc1cccc(CC[n+]2ccc3ccccc3c2)c1.[I-]. The van der Waals surface area contributed by atoms with Crippen LogP contribution in [-0.4, -0.2) is 0 Å². The molecule has 0 fully saturated rings. The van der Waals surface area contributed by atoms with Crippen LogP contribution in [0.1, 0.15) is 11.1 Å². The number of hydrogen-bond acceptors (Lipinski definition) is 0. The van der Waals surface area contributed by atoms with Crippen LogP contribution in [0.5, 0.6) is 0 Å². The van der Waals surface area contributed by atoms with E-state index in [1.165, 1.54) is 21.9 Å². The number of nitrogens with zero attached hydrogens (tertiary/aromatic N) is 1. The van der Waals surface area contributed by atoms with E-state index in [2.05, 4.69) is 78.5 Å². The smallest absolute Gasteiger partial charge is 0.176 e. The van der Waals surface area contributed by atoms with Gasteiger partial charge in [-0.25, -0.2) is 4.57 Å². The molecule has 1 heterocycles. The van der Waals surface area contributed by atoms with Gasteiger partial charge in [-0.3, -0.25) is 0 Å². The quantitative estimate of drug-likeness (QED) is 0.469. The Morgan fingerprint density at radius 1 is 0.900 bits per heavy atom. The first-order chi connectivity index (χ1) is 9.31. The number of halogens is 1. The molecule has 0 atom stereocenters. The lowest BCUT2D eigenvalue weighted by atomic mass is 10.1. The zero-order chi connectivity index (χ0) is 13.1. The number of pyridine rings is 1. The third-order valence-corrected chi connectivity index (χ3v) is 3.49. The molecule has 0 saturated carbocycles. The van der Waals surface area contributed by atoms with E-state index in [1.807, 2.05) is 0 Å². The van der Waals surface area contributed by atoms with Crippen molar-refractivity contribution in [3.63, 3.8) is 0 Å². The summed E-state index contributed by atoms with van der Waals surface area (Å²) in [5, 5.41) is 2.60. The first-order valence-electron chi connectivity index (χ1n) is 6.75. The molecule has 3 aromatic rings. The number of rotatable bonds is 3. The maximum atomic E-state index is 2.27. The predicted molar refractivity (Wildman–Crippen MR) is 79.0 cm³/mol. The first kappa shape index (κ1) is 15.0. The molecule has 0 unspecified atom stereocenters. The molecule has 0 bridgehead atoms. The van der Waals surface area contributed by atoms with Crippen LogP contribution in [-0.2, 0) is 13.0 Å². The highest BCUT2D eigenvalue weighted by Gasteiger charge is 2.03. The van der Waals surface area contributed by atoms with E-state index in [4.69, 9.17) is 0 Å². The minimum absolute atomic E-state index is 0. The van der Waals surface area contributed by atoms with Crippen LogP contribution in [0.3, 0.4) is 0 Å². The van der Waals surface area contributed by atoms with Crippen molar-refractivity contribution < 1.29 is 28.5 Å². The Kier molecular flexibility index (Phi) is 5.12. The summed E-state index contributed by atoms with van der Waals surface area (Å²) in [5.41, 5.74) is 2.74. The third kappa shape index (κ3) is 3.57. The summed E-state index contributed by atoms with van der Waals surface area (Å²) in [4.78, 5) is 0. The number of hydrogen-bond donors (Lipinski definition) is 0. The molecule has 20 heavy (non-hydrogen) atoms. The fourth-order valence-corrected chi connectivity index (χ4v) is 2.44. The van der Waals surface area contributed by atoms with Crippen molar-refractivity contribution in [2.75, 3.05) is 0 Å². The molecule has 0 N–H and O–H groups in total. The molecule has 0 aliphatic heterocycles. The van der Waals surface area contributed by atoms with Crippen LogP contribution in [0, 0.1) is 6.92 Å². The van der Waals surface area contributed by atoms with Crippen LogP contribution in [0.15, 0.2) is 67.0 Å². The predicted octanol–water partition coefficient (Wildman–Crippen LogP) is 0.682. The van der Waals surface area contributed by atoms with Crippen LogP contribution in [0.4, 0.5) is 0 Å². The average molecular weight is 375 g/mol. The molecule has 0 radical (unpaired) electrons. The van der Waals surface area contributed by atoms with Gasteiger partial charge in [-0.05, 0) is 23.9 Å². The maximum Gasteiger partial charge on any atom is 0.176 e. The summed E-state index contributed by atoms with van der Waals surface area (Å²) in [5.74, 6) is 0. The molecular formula is C18H18IN. The van der Waals surface area contributed by atoms with Crippen molar-refractivity contribution >= 4 is 10.8 Å². The Labute approximate surface area is 137 Å². The molecular weight excluding hydrogens is 357 g/mol. The van der Waals surface area contributed by atoms with Gasteiger partial charge in [0.1, 0.15) is 0 Å². The Hall–Kier alpha value is -1.42. The van der Waals surface area contributed by atoms with Crippen molar-refractivity contribution in [2.24, 2.45) is 0 Å². The Bertz CT molecular complexity index is 706. The van der Waals surface area contributed by atoms with E-state index >= 15 is 0 Å². The lowest BCUT2D eigenvalue weighted by molar-refractivity contribution is -0.695. The number of aryl methyl sites for hydroxylation is 3. The fourth-order valence-electron chi connectivity index (χ4n) is 2.44. The largest absolute Gasteiger partial charge is 1.00 e. The van der Waals surface area contributed by atoms with Gasteiger partial charge in [0, 0.05) is 17.9 Å². The van der Waals surface area contributed by atoms with E-state index < -0.39 is 0 Å². The van der Waals surface area contributed by atoms with Crippen molar-refractivity contribution in [1.29, 1.82) is 0 Å². The second-order valence-electron chi connectivity index (χ2n) is 5.05. The lowest BCUT2D eigenvalue weighted by Gasteiger charge is -2.01. The van der Waals surface area contributed by atoms with E-state index in [0.29, 0.717) is 0 Å². The maximum absolute atomic E-state index is 2.27. The lowest BCUT2D eigenvalue weighted by Crippen LogP contribution is -3.00. The average Bonchev–Trinajstić information content (AvgIpc) is 2.45. The van der Waals surface area contributed by atoms with Crippen LogP contribution in [0.25, 0.3) is 10.8 Å². The minimum atomic E-state index is 0. The third-order valence-electron chi connectivity index (χ3n) is 3.49. The van der Waals surface area contributed by atoms with Gasteiger partial charge in [0.25, 0.3) is 0 Å². The second-order valence-corrected chi connectivity index (χ2v) is 5.05. The van der Waals surface area contributed by atoms with Gasteiger partial charge in [-0.2, -0.15) is 0 Å². The first-order valence-corrected chi connectivity index (χ1v) is 6.75. The summed E-state index contributed by atoms with van der Waals surface area (Å²) in [6.45, 7) is 3.17. The van der Waals surface area contributed by atoms with E-state index in [0.717, 1.165) is 13.0 Å². The Balaban J connectivity index is 0.00000147. The molecule has 0 aliphatic rings. The van der Waals surface area contributed by atoms with Crippen molar-refractivity contribution in [3.8, 4) is 0 Å². The molecule has 0 aliphatic carbocycles. The topological polar surface area (TPSA) is 3.88 Å².